The van der Waals surface area contributed by atoms with Gasteiger partial charge in [0.15, 0.2) is 0 Å². The maximum Gasteiger partial charge on any atom is 0.317 e. The molecule has 3 rings (SSSR count). The Labute approximate surface area is 154 Å². The van der Waals surface area contributed by atoms with E-state index in [1.165, 1.54) is 44.2 Å². The number of rotatable bonds is 3. The molecule has 2 fully saturated rings. The minimum Gasteiger partial charge on any atom is -0.331 e. The van der Waals surface area contributed by atoms with Gasteiger partial charge >= 0.3 is 6.03 Å². The minimum absolute atomic E-state index is 0.174. The van der Waals surface area contributed by atoms with Crippen molar-refractivity contribution in [3.8, 4) is 0 Å². The lowest BCUT2D eigenvalue weighted by atomic mass is 9.94. The number of hydrogen-bond acceptors (Lipinski definition) is 2. The van der Waals surface area contributed by atoms with Crippen molar-refractivity contribution in [3.63, 3.8) is 0 Å². The molecule has 1 saturated heterocycles. The fourth-order valence-electron chi connectivity index (χ4n) is 4.16. The topological polar surface area (TPSA) is 35.6 Å². The Balaban J connectivity index is 1.54. The lowest BCUT2D eigenvalue weighted by molar-refractivity contribution is 0.158. The molecule has 1 heterocycles. The van der Waals surface area contributed by atoms with Crippen molar-refractivity contribution in [2.75, 3.05) is 26.2 Å². The fourth-order valence-corrected chi connectivity index (χ4v) is 4.16. The maximum absolute atomic E-state index is 13.9. The summed E-state index contributed by atoms with van der Waals surface area (Å²) in [6, 6.07) is 3.45. The molecule has 2 aliphatic rings. The minimum atomic E-state index is -0.628. The molecule has 1 atom stereocenters. The van der Waals surface area contributed by atoms with Crippen LogP contribution in [0.3, 0.4) is 0 Å². The smallest absolute Gasteiger partial charge is 0.317 e. The normalized spacial score (nSPS) is 21.3. The zero-order valence-corrected chi connectivity index (χ0v) is 15.5. The third kappa shape index (κ3) is 4.72. The van der Waals surface area contributed by atoms with Gasteiger partial charge in [0, 0.05) is 43.9 Å². The van der Waals surface area contributed by atoms with E-state index in [4.69, 9.17) is 0 Å². The molecule has 1 saturated carbocycles. The lowest BCUT2D eigenvalue weighted by Gasteiger charge is -2.33. The number of benzene rings is 1. The highest BCUT2D eigenvalue weighted by Gasteiger charge is 2.26. The van der Waals surface area contributed by atoms with Crippen molar-refractivity contribution in [1.82, 2.24) is 15.1 Å². The molecule has 1 aliphatic carbocycles. The molecule has 6 heteroatoms. The number of halogens is 2. The lowest BCUT2D eigenvalue weighted by Crippen LogP contribution is -2.44. The highest BCUT2D eigenvalue weighted by Crippen LogP contribution is 2.24. The second-order valence-electron chi connectivity index (χ2n) is 7.51. The van der Waals surface area contributed by atoms with Gasteiger partial charge in [-0.05, 0) is 32.3 Å². The largest absolute Gasteiger partial charge is 0.331 e. The van der Waals surface area contributed by atoms with E-state index in [0.717, 1.165) is 25.6 Å². The number of carbonyl (C=O) groups is 1. The van der Waals surface area contributed by atoms with E-state index in [1.54, 1.807) is 6.92 Å². The van der Waals surface area contributed by atoms with Crippen LogP contribution < -0.4 is 5.32 Å². The van der Waals surface area contributed by atoms with Crippen molar-refractivity contribution in [1.29, 1.82) is 0 Å². The van der Waals surface area contributed by atoms with Crippen LogP contribution in [0.25, 0.3) is 0 Å². The summed E-state index contributed by atoms with van der Waals surface area (Å²) < 4.78 is 27.0. The first-order valence-corrected chi connectivity index (χ1v) is 9.79. The molecular formula is C20H29F2N3O. The van der Waals surface area contributed by atoms with Crippen molar-refractivity contribution in [2.24, 2.45) is 0 Å². The molecular weight excluding hydrogens is 336 g/mol. The van der Waals surface area contributed by atoms with Gasteiger partial charge in [0.1, 0.15) is 11.6 Å². The van der Waals surface area contributed by atoms with Gasteiger partial charge in [-0.3, -0.25) is 4.90 Å². The Kier molecular flexibility index (Phi) is 6.46. The van der Waals surface area contributed by atoms with Gasteiger partial charge < -0.3 is 10.2 Å². The molecule has 2 amide bonds. The fraction of sp³-hybridized carbons (Fsp3) is 0.650. The first-order valence-electron chi connectivity index (χ1n) is 9.79. The maximum atomic E-state index is 13.9. The van der Waals surface area contributed by atoms with Gasteiger partial charge in [0.2, 0.25) is 0 Å². The second kappa shape index (κ2) is 8.80. The molecule has 1 aromatic carbocycles. The predicted octanol–water partition coefficient (Wildman–Crippen LogP) is 4.08. The number of urea groups is 1. The van der Waals surface area contributed by atoms with Gasteiger partial charge in [-0.25, -0.2) is 13.6 Å². The number of nitrogens with zero attached hydrogens (tertiary/aromatic N) is 2. The molecule has 1 aliphatic heterocycles. The summed E-state index contributed by atoms with van der Waals surface area (Å²) >= 11 is 0. The number of hydrogen-bond donors (Lipinski definition) is 1. The van der Waals surface area contributed by atoms with Gasteiger partial charge in [0.05, 0.1) is 6.04 Å². The van der Waals surface area contributed by atoms with Gasteiger partial charge in [0.25, 0.3) is 0 Å². The third-order valence-electron chi connectivity index (χ3n) is 5.68. The van der Waals surface area contributed by atoms with E-state index in [0.29, 0.717) is 24.7 Å². The summed E-state index contributed by atoms with van der Waals surface area (Å²) in [6.45, 7) is 5.07. The van der Waals surface area contributed by atoms with Gasteiger partial charge in [-0.2, -0.15) is 0 Å². The molecule has 0 radical (unpaired) electrons. The van der Waals surface area contributed by atoms with E-state index in [9.17, 15) is 13.6 Å². The molecule has 144 valence electrons. The van der Waals surface area contributed by atoms with Crippen molar-refractivity contribution < 1.29 is 13.6 Å². The van der Waals surface area contributed by atoms with Gasteiger partial charge in [-0.1, -0.05) is 25.3 Å². The van der Waals surface area contributed by atoms with Crippen LogP contribution >= 0.6 is 0 Å². The molecule has 1 N–H and O–H groups in total. The van der Waals surface area contributed by atoms with Crippen LogP contribution in [0.5, 0.6) is 0 Å². The van der Waals surface area contributed by atoms with Crippen molar-refractivity contribution in [2.45, 2.75) is 57.5 Å². The average molecular weight is 365 g/mol. The molecule has 0 spiro atoms. The predicted molar refractivity (Wildman–Crippen MR) is 97.9 cm³/mol. The number of carbonyl (C=O) groups excluding carboxylic acids is 1. The molecule has 0 bridgehead atoms. The second-order valence-corrected chi connectivity index (χ2v) is 7.51. The molecule has 4 nitrogen and oxygen atoms in total. The SMILES string of the molecule is C[C@H](NC(=O)N1CCCN(C2CCCCC2)CC1)c1ccc(F)cc1F. The Bertz CT molecular complexity index is 619. The van der Waals surface area contributed by atoms with Crippen LogP contribution in [0.15, 0.2) is 18.2 Å². The zero-order chi connectivity index (χ0) is 18.5. The first-order chi connectivity index (χ1) is 12.5. The van der Waals surface area contributed by atoms with Crippen LogP contribution in [-0.4, -0.2) is 48.1 Å². The highest BCUT2D eigenvalue weighted by atomic mass is 19.1. The van der Waals surface area contributed by atoms with Crippen LogP contribution in [0, 0.1) is 11.6 Å². The Morgan fingerprint density at radius 3 is 2.58 bits per heavy atom. The van der Waals surface area contributed by atoms with Crippen LogP contribution in [0.2, 0.25) is 0 Å². The van der Waals surface area contributed by atoms with Crippen molar-refractivity contribution >= 4 is 6.03 Å². The Hall–Kier alpha value is -1.69. The summed E-state index contributed by atoms with van der Waals surface area (Å²) in [5, 5.41) is 2.85. The average Bonchev–Trinajstić information content (AvgIpc) is 2.88. The molecule has 0 unspecified atom stereocenters. The summed E-state index contributed by atoms with van der Waals surface area (Å²) in [5.74, 6) is -1.24. The molecule has 0 aromatic heterocycles. The van der Waals surface area contributed by atoms with E-state index in [-0.39, 0.29) is 6.03 Å². The third-order valence-corrected chi connectivity index (χ3v) is 5.68. The summed E-state index contributed by atoms with van der Waals surface area (Å²) in [5.41, 5.74) is 0.304. The molecule has 26 heavy (non-hydrogen) atoms. The van der Waals surface area contributed by atoms with E-state index in [1.807, 2.05) is 4.90 Å². The van der Waals surface area contributed by atoms with E-state index in [2.05, 4.69) is 10.2 Å². The summed E-state index contributed by atoms with van der Waals surface area (Å²) in [6.07, 6.45) is 7.47. The Morgan fingerprint density at radius 1 is 1.08 bits per heavy atom. The summed E-state index contributed by atoms with van der Waals surface area (Å²) in [7, 11) is 0. The molecule has 1 aromatic rings. The van der Waals surface area contributed by atoms with E-state index < -0.39 is 17.7 Å². The van der Waals surface area contributed by atoms with Gasteiger partial charge in [-0.15, -0.1) is 0 Å². The quantitative estimate of drug-likeness (QED) is 0.876. The van der Waals surface area contributed by atoms with E-state index >= 15 is 0 Å². The van der Waals surface area contributed by atoms with Crippen LogP contribution in [0.1, 0.15) is 57.1 Å². The zero-order valence-electron chi connectivity index (χ0n) is 15.5. The summed E-state index contributed by atoms with van der Waals surface area (Å²) in [4.78, 5) is 17.0. The standard InChI is InChI=1S/C20H29F2N3O/c1-15(18-9-8-16(21)14-19(18)22)23-20(26)25-11-5-10-24(12-13-25)17-6-3-2-4-7-17/h8-9,14-15,17H,2-7,10-13H2,1H3,(H,23,26)/t15-/m0/s1. The number of amides is 2. The highest BCUT2D eigenvalue weighted by molar-refractivity contribution is 5.74. The Morgan fingerprint density at radius 2 is 1.85 bits per heavy atom. The van der Waals surface area contributed by atoms with Crippen LogP contribution in [0.4, 0.5) is 13.6 Å². The monoisotopic (exact) mass is 365 g/mol. The number of nitrogens with one attached hydrogen (secondary N) is 1. The van der Waals surface area contributed by atoms with Crippen LogP contribution in [-0.2, 0) is 0 Å². The first kappa shape index (κ1) is 19.1. The van der Waals surface area contributed by atoms with Crippen molar-refractivity contribution in [3.05, 3.63) is 35.4 Å².